The largest absolute Gasteiger partial charge is 0.353 e. The summed E-state index contributed by atoms with van der Waals surface area (Å²) >= 11 is 0. The molecule has 2 bridgehead atoms. The van der Waals surface area contributed by atoms with Crippen molar-refractivity contribution < 1.29 is 0 Å². The van der Waals surface area contributed by atoms with Crippen LogP contribution in [0, 0.1) is 13.8 Å². The van der Waals surface area contributed by atoms with Gasteiger partial charge < -0.3 is 10.2 Å². The number of rotatable bonds is 1. The average molecular weight is 232 g/mol. The van der Waals surface area contributed by atoms with E-state index in [0.717, 1.165) is 36.3 Å². The number of anilines is 1. The van der Waals surface area contributed by atoms with Crippen LogP contribution in [0.4, 0.5) is 5.82 Å². The first-order valence-electron chi connectivity index (χ1n) is 6.53. The maximum Gasteiger partial charge on any atom is 0.150 e. The molecule has 2 fully saturated rings. The monoisotopic (exact) mass is 232 g/mol. The second-order valence-electron chi connectivity index (χ2n) is 5.29. The number of fused-ring (bicyclic) bond motifs is 2. The first-order valence-corrected chi connectivity index (χ1v) is 6.53. The Bertz CT molecular complexity index is 418. The van der Waals surface area contributed by atoms with Crippen molar-refractivity contribution in [1.29, 1.82) is 0 Å². The fourth-order valence-corrected chi connectivity index (χ4v) is 2.96. The maximum atomic E-state index is 4.66. The number of nitrogens with zero attached hydrogens (tertiary/aromatic N) is 3. The van der Waals surface area contributed by atoms with Crippen LogP contribution in [-0.4, -0.2) is 35.1 Å². The van der Waals surface area contributed by atoms with Gasteiger partial charge in [0.2, 0.25) is 0 Å². The molecule has 2 unspecified atom stereocenters. The lowest BCUT2D eigenvalue weighted by Gasteiger charge is -2.26. The first kappa shape index (κ1) is 11.0. The van der Waals surface area contributed by atoms with Crippen molar-refractivity contribution in [2.45, 2.75) is 45.2 Å². The summed E-state index contributed by atoms with van der Waals surface area (Å²) in [6.45, 7) is 6.25. The summed E-state index contributed by atoms with van der Waals surface area (Å²) in [6.07, 6.45) is 5.73. The van der Waals surface area contributed by atoms with Gasteiger partial charge in [-0.05, 0) is 33.1 Å². The minimum atomic E-state index is 0.643. The number of aromatic nitrogens is 2. The van der Waals surface area contributed by atoms with Gasteiger partial charge in [-0.25, -0.2) is 4.98 Å². The molecule has 92 valence electrons. The molecule has 0 aromatic carbocycles. The molecule has 17 heavy (non-hydrogen) atoms. The van der Waals surface area contributed by atoms with Crippen LogP contribution in [0.2, 0.25) is 0 Å². The summed E-state index contributed by atoms with van der Waals surface area (Å²) in [7, 11) is 0. The molecule has 2 aliphatic rings. The van der Waals surface area contributed by atoms with E-state index in [0.29, 0.717) is 6.04 Å². The van der Waals surface area contributed by atoms with Gasteiger partial charge in [0.05, 0.1) is 11.4 Å². The average Bonchev–Trinajstić information content (AvgIpc) is 2.63. The molecule has 0 radical (unpaired) electrons. The Morgan fingerprint density at radius 1 is 1.24 bits per heavy atom. The van der Waals surface area contributed by atoms with Crippen LogP contribution in [0.1, 0.15) is 30.7 Å². The van der Waals surface area contributed by atoms with Gasteiger partial charge in [0.15, 0.2) is 0 Å². The lowest BCUT2D eigenvalue weighted by atomic mass is 10.1. The fraction of sp³-hybridized carbons (Fsp3) is 0.692. The first-order chi connectivity index (χ1) is 8.22. The van der Waals surface area contributed by atoms with E-state index in [4.69, 9.17) is 0 Å². The summed E-state index contributed by atoms with van der Waals surface area (Å²) in [5, 5.41) is 3.70. The third-order valence-electron chi connectivity index (χ3n) is 3.87. The maximum absolute atomic E-state index is 4.66. The van der Waals surface area contributed by atoms with Crippen LogP contribution in [0.15, 0.2) is 6.20 Å². The molecule has 1 aromatic heterocycles. The lowest BCUT2D eigenvalue weighted by Crippen LogP contribution is -2.36. The van der Waals surface area contributed by atoms with Gasteiger partial charge in [-0.15, -0.1) is 0 Å². The molecular formula is C13H20N4. The van der Waals surface area contributed by atoms with Crippen molar-refractivity contribution in [1.82, 2.24) is 15.3 Å². The number of hydrogen-bond acceptors (Lipinski definition) is 4. The summed E-state index contributed by atoms with van der Waals surface area (Å²) in [6, 6.07) is 1.37. The highest BCUT2D eigenvalue weighted by atomic mass is 15.2. The van der Waals surface area contributed by atoms with E-state index in [-0.39, 0.29) is 0 Å². The van der Waals surface area contributed by atoms with Crippen molar-refractivity contribution in [2.24, 2.45) is 0 Å². The zero-order valence-electron chi connectivity index (χ0n) is 10.6. The molecule has 4 heteroatoms. The number of nitrogens with one attached hydrogen (secondary N) is 1. The topological polar surface area (TPSA) is 41.1 Å². The van der Waals surface area contributed by atoms with E-state index in [9.17, 15) is 0 Å². The second-order valence-corrected chi connectivity index (χ2v) is 5.29. The minimum absolute atomic E-state index is 0.643. The standard InChI is InChI=1S/C13H20N4/c1-9-7-14-10(2)13(15-9)17-6-5-11-3-4-12(8-17)16-11/h7,11-12,16H,3-6,8H2,1-2H3. The summed E-state index contributed by atoms with van der Waals surface area (Å²) in [5.74, 6) is 1.08. The molecule has 3 rings (SSSR count). The van der Waals surface area contributed by atoms with E-state index >= 15 is 0 Å². The zero-order chi connectivity index (χ0) is 11.8. The Morgan fingerprint density at radius 2 is 2.06 bits per heavy atom. The van der Waals surface area contributed by atoms with Gasteiger partial charge in [0, 0.05) is 31.4 Å². The molecule has 2 saturated heterocycles. The quantitative estimate of drug-likeness (QED) is 0.795. The van der Waals surface area contributed by atoms with Crippen LogP contribution < -0.4 is 10.2 Å². The van der Waals surface area contributed by atoms with E-state index < -0.39 is 0 Å². The van der Waals surface area contributed by atoms with Crippen molar-refractivity contribution in [2.75, 3.05) is 18.0 Å². The highest BCUT2D eigenvalue weighted by Crippen LogP contribution is 2.24. The van der Waals surface area contributed by atoms with Gasteiger partial charge >= 0.3 is 0 Å². The number of hydrogen-bond donors (Lipinski definition) is 1. The molecule has 0 aliphatic carbocycles. The van der Waals surface area contributed by atoms with Crippen LogP contribution in [0.5, 0.6) is 0 Å². The van der Waals surface area contributed by atoms with Gasteiger partial charge in [-0.1, -0.05) is 0 Å². The van der Waals surface area contributed by atoms with Gasteiger partial charge in [0.1, 0.15) is 5.82 Å². The van der Waals surface area contributed by atoms with Crippen LogP contribution in [-0.2, 0) is 0 Å². The predicted molar refractivity (Wildman–Crippen MR) is 68.3 cm³/mol. The van der Waals surface area contributed by atoms with E-state index in [1.807, 2.05) is 13.1 Å². The Labute approximate surface area is 102 Å². The lowest BCUT2D eigenvalue weighted by molar-refractivity contribution is 0.563. The van der Waals surface area contributed by atoms with Gasteiger partial charge in [0.25, 0.3) is 0 Å². The predicted octanol–water partition coefficient (Wildman–Crippen LogP) is 1.42. The molecule has 1 aromatic rings. The van der Waals surface area contributed by atoms with E-state index in [1.54, 1.807) is 0 Å². The third kappa shape index (κ3) is 2.14. The summed E-state index contributed by atoms with van der Waals surface area (Å²) in [5.41, 5.74) is 2.06. The third-order valence-corrected chi connectivity index (χ3v) is 3.87. The van der Waals surface area contributed by atoms with Crippen molar-refractivity contribution in [3.63, 3.8) is 0 Å². The molecule has 2 aliphatic heterocycles. The normalized spacial score (nSPS) is 28.2. The Hall–Kier alpha value is -1.16. The molecule has 0 saturated carbocycles. The second kappa shape index (κ2) is 4.26. The number of aryl methyl sites for hydroxylation is 2. The molecule has 2 atom stereocenters. The molecular weight excluding hydrogens is 212 g/mol. The Balaban J connectivity index is 1.85. The van der Waals surface area contributed by atoms with Gasteiger partial charge in [-0.2, -0.15) is 0 Å². The molecule has 4 nitrogen and oxygen atoms in total. The Morgan fingerprint density at radius 3 is 2.94 bits per heavy atom. The fourth-order valence-electron chi connectivity index (χ4n) is 2.96. The molecule has 0 spiro atoms. The summed E-state index contributed by atoms with van der Waals surface area (Å²) < 4.78 is 0. The smallest absolute Gasteiger partial charge is 0.150 e. The van der Waals surface area contributed by atoms with Crippen molar-refractivity contribution in [3.05, 3.63) is 17.6 Å². The zero-order valence-corrected chi connectivity index (χ0v) is 10.6. The SMILES string of the molecule is Cc1cnc(C)c(N2CCC3CCC(C2)N3)n1. The Kier molecular flexibility index (Phi) is 2.74. The van der Waals surface area contributed by atoms with Crippen LogP contribution in [0.3, 0.4) is 0 Å². The highest BCUT2D eigenvalue weighted by molar-refractivity contribution is 5.44. The van der Waals surface area contributed by atoms with Crippen LogP contribution in [0.25, 0.3) is 0 Å². The van der Waals surface area contributed by atoms with E-state index in [1.165, 1.54) is 19.3 Å². The molecule has 3 heterocycles. The van der Waals surface area contributed by atoms with Gasteiger partial charge in [-0.3, -0.25) is 4.98 Å². The molecule has 1 N–H and O–H groups in total. The van der Waals surface area contributed by atoms with Crippen molar-refractivity contribution in [3.8, 4) is 0 Å². The van der Waals surface area contributed by atoms with Crippen LogP contribution >= 0.6 is 0 Å². The summed E-state index contributed by atoms with van der Waals surface area (Å²) in [4.78, 5) is 11.5. The van der Waals surface area contributed by atoms with Crippen molar-refractivity contribution >= 4 is 5.82 Å². The minimum Gasteiger partial charge on any atom is -0.353 e. The highest BCUT2D eigenvalue weighted by Gasteiger charge is 2.30. The molecule has 0 amide bonds. The van der Waals surface area contributed by atoms with E-state index in [2.05, 4.69) is 27.1 Å².